The molecule has 3 atom stereocenters. The molecule has 0 aliphatic heterocycles. The zero-order valence-electron chi connectivity index (χ0n) is 11.3. The average molecular weight is 247 g/mol. The number of hydrogen-bond donors (Lipinski definition) is 2. The molecule has 1 aromatic rings. The summed E-state index contributed by atoms with van der Waals surface area (Å²) in [7, 11) is 0. The summed E-state index contributed by atoms with van der Waals surface area (Å²) >= 11 is 0. The van der Waals surface area contributed by atoms with Gasteiger partial charge in [0.15, 0.2) is 0 Å². The standard InChI is InChI=1S/C16H25NO/c1-13(12-14-8-4-2-5-9-14)17-15-10-6-3-7-11-16(15)18/h2,4-5,8-9,13,15-18H,3,6-7,10-12H2,1H3. The fourth-order valence-electron chi connectivity index (χ4n) is 2.87. The first-order valence-corrected chi connectivity index (χ1v) is 7.24. The molecular weight excluding hydrogens is 222 g/mol. The largest absolute Gasteiger partial charge is 0.392 e. The third-order valence-corrected chi connectivity index (χ3v) is 3.86. The van der Waals surface area contributed by atoms with Crippen LogP contribution in [0.5, 0.6) is 0 Å². The second kappa shape index (κ2) is 6.91. The summed E-state index contributed by atoms with van der Waals surface area (Å²) < 4.78 is 0. The summed E-state index contributed by atoms with van der Waals surface area (Å²) in [6.07, 6.45) is 6.62. The Morgan fingerprint density at radius 3 is 2.67 bits per heavy atom. The molecule has 0 amide bonds. The molecule has 18 heavy (non-hydrogen) atoms. The van der Waals surface area contributed by atoms with Crippen molar-refractivity contribution in [3.05, 3.63) is 35.9 Å². The summed E-state index contributed by atoms with van der Waals surface area (Å²) in [5, 5.41) is 13.7. The summed E-state index contributed by atoms with van der Waals surface area (Å²) in [4.78, 5) is 0. The van der Waals surface area contributed by atoms with Crippen LogP contribution >= 0.6 is 0 Å². The summed E-state index contributed by atoms with van der Waals surface area (Å²) in [6.45, 7) is 2.21. The minimum absolute atomic E-state index is 0.161. The van der Waals surface area contributed by atoms with E-state index in [1.54, 1.807) is 0 Å². The molecule has 2 rings (SSSR count). The fraction of sp³-hybridized carbons (Fsp3) is 0.625. The SMILES string of the molecule is CC(Cc1ccccc1)NC1CCCCCC1O. The third-order valence-electron chi connectivity index (χ3n) is 3.86. The molecule has 0 heterocycles. The highest BCUT2D eigenvalue weighted by molar-refractivity contribution is 5.15. The molecule has 2 N–H and O–H groups in total. The maximum Gasteiger partial charge on any atom is 0.0693 e. The minimum Gasteiger partial charge on any atom is -0.392 e. The molecule has 1 saturated carbocycles. The monoisotopic (exact) mass is 247 g/mol. The topological polar surface area (TPSA) is 32.3 Å². The molecule has 0 saturated heterocycles. The van der Waals surface area contributed by atoms with Crippen molar-refractivity contribution < 1.29 is 5.11 Å². The van der Waals surface area contributed by atoms with Gasteiger partial charge in [0.2, 0.25) is 0 Å². The Hall–Kier alpha value is -0.860. The molecule has 1 aliphatic rings. The Morgan fingerprint density at radius 2 is 1.89 bits per heavy atom. The van der Waals surface area contributed by atoms with E-state index >= 15 is 0 Å². The van der Waals surface area contributed by atoms with Crippen molar-refractivity contribution in [2.45, 2.75) is 63.6 Å². The Balaban J connectivity index is 1.84. The van der Waals surface area contributed by atoms with Gasteiger partial charge >= 0.3 is 0 Å². The van der Waals surface area contributed by atoms with Gasteiger partial charge in [-0.05, 0) is 31.7 Å². The second-order valence-electron chi connectivity index (χ2n) is 5.57. The Morgan fingerprint density at radius 1 is 1.17 bits per heavy atom. The molecule has 0 spiro atoms. The molecule has 0 aromatic heterocycles. The van der Waals surface area contributed by atoms with Gasteiger partial charge in [0.25, 0.3) is 0 Å². The maximum atomic E-state index is 10.1. The van der Waals surface area contributed by atoms with Gasteiger partial charge in [-0.3, -0.25) is 0 Å². The van der Waals surface area contributed by atoms with Crippen LogP contribution in [0.3, 0.4) is 0 Å². The lowest BCUT2D eigenvalue weighted by atomic mass is 10.0. The van der Waals surface area contributed by atoms with E-state index in [9.17, 15) is 5.11 Å². The van der Waals surface area contributed by atoms with Crippen molar-refractivity contribution in [3.63, 3.8) is 0 Å². The summed E-state index contributed by atoms with van der Waals surface area (Å²) in [6, 6.07) is 11.3. The highest BCUT2D eigenvalue weighted by atomic mass is 16.3. The third kappa shape index (κ3) is 4.11. The zero-order valence-corrected chi connectivity index (χ0v) is 11.3. The van der Waals surface area contributed by atoms with Gasteiger partial charge in [-0.1, -0.05) is 49.6 Å². The van der Waals surface area contributed by atoms with Crippen LogP contribution < -0.4 is 5.32 Å². The first-order valence-electron chi connectivity index (χ1n) is 7.24. The van der Waals surface area contributed by atoms with Gasteiger partial charge < -0.3 is 10.4 Å². The van der Waals surface area contributed by atoms with Crippen molar-refractivity contribution in [2.75, 3.05) is 0 Å². The predicted octanol–water partition coefficient (Wildman–Crippen LogP) is 2.90. The first-order chi connectivity index (χ1) is 8.75. The molecule has 3 unspecified atom stereocenters. The van der Waals surface area contributed by atoms with E-state index in [-0.39, 0.29) is 12.1 Å². The average Bonchev–Trinajstić information content (AvgIpc) is 2.56. The van der Waals surface area contributed by atoms with E-state index in [0.29, 0.717) is 6.04 Å². The highest BCUT2D eigenvalue weighted by Crippen LogP contribution is 2.18. The molecule has 1 aliphatic carbocycles. The van der Waals surface area contributed by atoms with Crippen LogP contribution in [0.15, 0.2) is 30.3 Å². The van der Waals surface area contributed by atoms with Gasteiger partial charge in [-0.15, -0.1) is 0 Å². The van der Waals surface area contributed by atoms with Crippen molar-refractivity contribution in [1.29, 1.82) is 0 Å². The van der Waals surface area contributed by atoms with Crippen LogP contribution in [0.25, 0.3) is 0 Å². The fourth-order valence-corrected chi connectivity index (χ4v) is 2.87. The van der Waals surface area contributed by atoms with Crippen LogP contribution in [0.2, 0.25) is 0 Å². The number of aliphatic hydroxyl groups excluding tert-OH is 1. The van der Waals surface area contributed by atoms with Crippen LogP contribution in [0.4, 0.5) is 0 Å². The summed E-state index contributed by atoms with van der Waals surface area (Å²) in [5.74, 6) is 0. The number of benzene rings is 1. The number of aliphatic hydroxyl groups is 1. The minimum atomic E-state index is -0.161. The van der Waals surface area contributed by atoms with E-state index in [2.05, 4.69) is 42.6 Å². The smallest absolute Gasteiger partial charge is 0.0693 e. The summed E-state index contributed by atoms with van der Waals surface area (Å²) in [5.41, 5.74) is 1.36. The Bertz CT molecular complexity index is 338. The van der Waals surface area contributed by atoms with Gasteiger partial charge in [-0.2, -0.15) is 0 Å². The van der Waals surface area contributed by atoms with Crippen LogP contribution in [0.1, 0.15) is 44.6 Å². The maximum absolute atomic E-state index is 10.1. The van der Waals surface area contributed by atoms with Crippen molar-refractivity contribution >= 4 is 0 Å². The van der Waals surface area contributed by atoms with Crippen LogP contribution in [-0.4, -0.2) is 23.3 Å². The number of hydrogen-bond acceptors (Lipinski definition) is 2. The molecule has 2 heteroatoms. The molecule has 2 nitrogen and oxygen atoms in total. The normalized spacial score (nSPS) is 26.6. The van der Waals surface area contributed by atoms with E-state index < -0.39 is 0 Å². The van der Waals surface area contributed by atoms with Gasteiger partial charge in [0.1, 0.15) is 0 Å². The lowest BCUT2D eigenvalue weighted by Crippen LogP contribution is -2.44. The number of rotatable bonds is 4. The highest BCUT2D eigenvalue weighted by Gasteiger charge is 2.22. The molecule has 1 fully saturated rings. The van der Waals surface area contributed by atoms with E-state index in [0.717, 1.165) is 19.3 Å². The second-order valence-corrected chi connectivity index (χ2v) is 5.57. The lowest BCUT2D eigenvalue weighted by Gasteiger charge is -2.26. The predicted molar refractivity (Wildman–Crippen MR) is 75.6 cm³/mol. The molecule has 0 radical (unpaired) electrons. The van der Waals surface area contributed by atoms with Gasteiger partial charge in [0.05, 0.1) is 6.10 Å². The van der Waals surface area contributed by atoms with E-state index in [1.807, 2.05) is 0 Å². The molecule has 1 aromatic carbocycles. The molecular formula is C16H25NO. The van der Waals surface area contributed by atoms with Crippen LogP contribution in [0, 0.1) is 0 Å². The van der Waals surface area contributed by atoms with Crippen molar-refractivity contribution in [1.82, 2.24) is 5.32 Å². The zero-order chi connectivity index (χ0) is 12.8. The quantitative estimate of drug-likeness (QED) is 0.802. The van der Waals surface area contributed by atoms with Crippen molar-refractivity contribution in [2.24, 2.45) is 0 Å². The van der Waals surface area contributed by atoms with Gasteiger partial charge in [-0.25, -0.2) is 0 Å². The number of nitrogens with one attached hydrogen (secondary N) is 1. The van der Waals surface area contributed by atoms with E-state index in [4.69, 9.17) is 0 Å². The van der Waals surface area contributed by atoms with Gasteiger partial charge in [0, 0.05) is 12.1 Å². The molecule has 100 valence electrons. The Labute approximate surface area is 110 Å². The van der Waals surface area contributed by atoms with Crippen LogP contribution in [-0.2, 0) is 6.42 Å². The molecule has 0 bridgehead atoms. The van der Waals surface area contributed by atoms with Crippen molar-refractivity contribution in [3.8, 4) is 0 Å². The van der Waals surface area contributed by atoms with E-state index in [1.165, 1.54) is 24.8 Å². The lowest BCUT2D eigenvalue weighted by molar-refractivity contribution is 0.114. The first kappa shape index (κ1) is 13.6. The Kier molecular flexibility index (Phi) is 5.21.